The van der Waals surface area contributed by atoms with Crippen LogP contribution in [0.25, 0.3) is 0 Å². The summed E-state index contributed by atoms with van der Waals surface area (Å²) in [5, 5.41) is 4.47. The molecule has 0 saturated carbocycles. The van der Waals surface area contributed by atoms with Gasteiger partial charge in [0.1, 0.15) is 0 Å². The first-order valence-corrected chi connectivity index (χ1v) is 10.1. The van der Waals surface area contributed by atoms with Gasteiger partial charge in [-0.15, -0.1) is 0 Å². The monoisotopic (exact) mass is 432 g/mol. The number of hydrogen-bond donors (Lipinski definition) is 0. The molecule has 1 fully saturated rings. The maximum absolute atomic E-state index is 13.2. The van der Waals surface area contributed by atoms with E-state index in [2.05, 4.69) is 16.9 Å². The van der Waals surface area contributed by atoms with E-state index in [1.165, 1.54) is 0 Å². The highest BCUT2D eigenvalue weighted by atomic mass is 35.5. The Morgan fingerprint density at radius 2 is 1.74 bits per heavy atom. The fourth-order valence-corrected chi connectivity index (χ4v) is 3.89. The molecule has 2 aromatic carbocycles. The number of rotatable bonds is 2. The fraction of sp³-hybridized carbons (Fsp3) is 0.208. The number of carbonyl (C=O) groups excluding carboxylic acids is 2. The summed E-state index contributed by atoms with van der Waals surface area (Å²) in [6, 6.07) is 14.3. The highest BCUT2D eigenvalue weighted by Crippen LogP contribution is 2.39. The van der Waals surface area contributed by atoms with Crippen molar-refractivity contribution in [2.24, 2.45) is 7.05 Å². The minimum Gasteiger partial charge on any atom is -0.317 e. The van der Waals surface area contributed by atoms with Crippen LogP contribution in [0.2, 0.25) is 5.02 Å². The summed E-state index contributed by atoms with van der Waals surface area (Å²) < 4.78 is 1.65. The number of carbonyl (C=O) groups is 2. The average molecular weight is 433 g/mol. The molecule has 3 aromatic rings. The summed E-state index contributed by atoms with van der Waals surface area (Å²) in [4.78, 5) is 29.0. The Morgan fingerprint density at radius 3 is 2.39 bits per heavy atom. The maximum Gasteiger partial charge on any atom is 0.331 e. The number of nitrogens with zero attached hydrogens (tertiary/aromatic N) is 4. The minimum absolute atomic E-state index is 0.118. The summed E-state index contributed by atoms with van der Waals surface area (Å²) in [5.41, 5.74) is 1.95. The van der Waals surface area contributed by atoms with Gasteiger partial charge < -0.3 is 4.90 Å². The molecule has 0 N–H and O–H groups in total. The molecule has 1 aliphatic rings. The molecule has 0 radical (unpaired) electrons. The van der Waals surface area contributed by atoms with E-state index in [0.29, 0.717) is 16.3 Å². The predicted molar refractivity (Wildman–Crippen MR) is 120 cm³/mol. The molecule has 7 heteroatoms. The molecular weight excluding hydrogens is 412 g/mol. The number of imide groups is 1. The van der Waals surface area contributed by atoms with Crippen molar-refractivity contribution >= 4 is 29.2 Å². The van der Waals surface area contributed by atoms with Crippen LogP contribution in [0.1, 0.15) is 30.0 Å². The summed E-state index contributed by atoms with van der Waals surface area (Å²) >= 11 is 6.47. The Labute approximate surface area is 186 Å². The Morgan fingerprint density at radius 1 is 1.03 bits per heavy atom. The number of aromatic nitrogens is 2. The second-order valence-electron chi connectivity index (χ2n) is 7.71. The van der Waals surface area contributed by atoms with Gasteiger partial charge in [-0.1, -0.05) is 41.6 Å². The third-order valence-electron chi connectivity index (χ3n) is 5.60. The topological polar surface area (TPSA) is 58.4 Å². The van der Waals surface area contributed by atoms with Gasteiger partial charge in [0, 0.05) is 37.0 Å². The van der Waals surface area contributed by atoms with E-state index in [-0.39, 0.29) is 12.3 Å². The quantitative estimate of drug-likeness (QED) is 0.571. The van der Waals surface area contributed by atoms with Crippen LogP contribution in [0.3, 0.4) is 0 Å². The van der Waals surface area contributed by atoms with Crippen molar-refractivity contribution in [2.45, 2.75) is 18.9 Å². The van der Waals surface area contributed by atoms with Gasteiger partial charge in [0.25, 0.3) is 0 Å². The molecule has 3 amide bonds. The van der Waals surface area contributed by atoms with Crippen LogP contribution in [0.15, 0.2) is 60.9 Å². The largest absolute Gasteiger partial charge is 0.331 e. The van der Waals surface area contributed by atoms with Crippen molar-refractivity contribution in [2.75, 3.05) is 11.9 Å². The normalized spacial score (nSPS) is 18.7. The summed E-state index contributed by atoms with van der Waals surface area (Å²) in [5.74, 6) is 5.81. The second kappa shape index (κ2) is 7.93. The van der Waals surface area contributed by atoms with Gasteiger partial charge in [-0.3, -0.25) is 9.48 Å². The lowest BCUT2D eigenvalue weighted by molar-refractivity contribution is -0.122. The smallest absolute Gasteiger partial charge is 0.317 e. The van der Waals surface area contributed by atoms with Crippen LogP contribution in [-0.2, 0) is 17.4 Å². The maximum atomic E-state index is 13.2. The van der Waals surface area contributed by atoms with E-state index >= 15 is 0 Å². The van der Waals surface area contributed by atoms with Crippen molar-refractivity contribution < 1.29 is 9.59 Å². The zero-order chi connectivity index (χ0) is 22.2. The van der Waals surface area contributed by atoms with Crippen LogP contribution in [0.5, 0.6) is 0 Å². The highest BCUT2D eigenvalue weighted by Gasteiger charge is 2.47. The fourth-order valence-electron chi connectivity index (χ4n) is 3.62. The molecular formula is C24H21ClN4O2. The molecule has 6 nitrogen and oxygen atoms in total. The van der Waals surface area contributed by atoms with Crippen LogP contribution in [0.4, 0.5) is 10.5 Å². The summed E-state index contributed by atoms with van der Waals surface area (Å²) in [7, 11) is 3.48. The number of hydrogen-bond acceptors (Lipinski definition) is 3. The molecule has 4 rings (SSSR count). The van der Waals surface area contributed by atoms with Crippen LogP contribution < -0.4 is 4.90 Å². The van der Waals surface area contributed by atoms with Crippen LogP contribution >= 0.6 is 11.6 Å². The van der Waals surface area contributed by atoms with Gasteiger partial charge in [0.05, 0.1) is 28.9 Å². The number of urea groups is 1. The van der Waals surface area contributed by atoms with E-state index in [9.17, 15) is 9.59 Å². The molecule has 0 aliphatic carbocycles. The van der Waals surface area contributed by atoms with Gasteiger partial charge in [-0.2, -0.15) is 5.10 Å². The highest BCUT2D eigenvalue weighted by molar-refractivity contribution is 6.35. The molecule has 1 aliphatic heterocycles. The second-order valence-corrected chi connectivity index (χ2v) is 8.11. The number of amides is 3. The zero-order valence-electron chi connectivity index (χ0n) is 17.5. The standard InChI is InChI=1S/C24H21ClN4O2/c1-24(19-15-26-27(2)16-19)14-22(30)29(23(31)28(24)3)21-12-11-18(13-20(21)25)10-9-17-7-5-4-6-8-17/h4-8,11-13,15-16H,14H2,1-3H3/t24-/m0/s1. The van der Waals surface area contributed by atoms with Gasteiger partial charge in [0.2, 0.25) is 5.91 Å². The van der Waals surface area contributed by atoms with Crippen molar-refractivity contribution in [1.82, 2.24) is 14.7 Å². The van der Waals surface area contributed by atoms with E-state index < -0.39 is 11.6 Å². The summed E-state index contributed by atoms with van der Waals surface area (Å²) in [6.45, 7) is 1.86. The van der Waals surface area contributed by atoms with E-state index in [0.717, 1.165) is 16.0 Å². The van der Waals surface area contributed by atoms with Crippen molar-refractivity contribution in [3.8, 4) is 11.8 Å². The van der Waals surface area contributed by atoms with Gasteiger partial charge in [-0.05, 0) is 37.3 Å². The number of halogens is 1. The van der Waals surface area contributed by atoms with Crippen LogP contribution in [-0.4, -0.2) is 33.7 Å². The van der Waals surface area contributed by atoms with E-state index in [1.54, 1.807) is 48.1 Å². The Bertz CT molecular complexity index is 1230. The lowest BCUT2D eigenvalue weighted by Gasteiger charge is -2.45. The molecule has 0 unspecified atom stereocenters. The van der Waals surface area contributed by atoms with Crippen molar-refractivity contribution in [3.63, 3.8) is 0 Å². The molecule has 156 valence electrons. The number of benzene rings is 2. The van der Waals surface area contributed by atoms with Gasteiger partial charge in [-0.25, -0.2) is 9.69 Å². The van der Waals surface area contributed by atoms with Crippen LogP contribution in [0, 0.1) is 11.8 Å². The molecule has 31 heavy (non-hydrogen) atoms. The first-order valence-electron chi connectivity index (χ1n) is 9.76. The zero-order valence-corrected chi connectivity index (χ0v) is 18.2. The van der Waals surface area contributed by atoms with E-state index in [4.69, 9.17) is 11.6 Å². The molecule has 1 saturated heterocycles. The molecule has 1 atom stereocenters. The third kappa shape index (κ3) is 3.80. The number of aryl methyl sites for hydroxylation is 1. The Balaban J connectivity index is 1.62. The number of anilines is 1. The van der Waals surface area contributed by atoms with E-state index in [1.807, 2.05) is 43.5 Å². The Hall–Kier alpha value is -3.56. The lowest BCUT2D eigenvalue weighted by Crippen LogP contribution is -2.59. The average Bonchev–Trinajstić information content (AvgIpc) is 3.20. The lowest BCUT2D eigenvalue weighted by atomic mass is 9.87. The van der Waals surface area contributed by atoms with Crippen molar-refractivity contribution in [1.29, 1.82) is 0 Å². The Kier molecular flexibility index (Phi) is 5.30. The molecule has 2 heterocycles. The molecule has 0 bridgehead atoms. The van der Waals surface area contributed by atoms with Gasteiger partial charge in [0.15, 0.2) is 0 Å². The predicted octanol–water partition coefficient (Wildman–Crippen LogP) is 4.18. The van der Waals surface area contributed by atoms with Crippen molar-refractivity contribution in [3.05, 3.63) is 82.6 Å². The molecule has 1 aromatic heterocycles. The first kappa shape index (κ1) is 20.7. The van der Waals surface area contributed by atoms with Gasteiger partial charge >= 0.3 is 6.03 Å². The minimum atomic E-state index is -0.785. The third-order valence-corrected chi connectivity index (χ3v) is 5.91. The first-order chi connectivity index (χ1) is 14.8. The summed E-state index contributed by atoms with van der Waals surface area (Å²) in [6.07, 6.45) is 3.62. The SMILES string of the molecule is CN1C(=O)N(c2ccc(C#Cc3ccccc3)cc2Cl)C(=O)C[C@@]1(C)c1cnn(C)c1. The molecule has 0 spiro atoms.